The van der Waals surface area contributed by atoms with Crippen molar-refractivity contribution in [2.45, 2.75) is 127 Å². The van der Waals surface area contributed by atoms with Gasteiger partial charge in [-0.05, 0) is 51.5 Å². The first-order valence-electron chi connectivity index (χ1n) is 20.3. The number of carboxylic acids is 3. The summed E-state index contributed by atoms with van der Waals surface area (Å²) in [5, 5.41) is 43.9. The van der Waals surface area contributed by atoms with E-state index in [1.54, 1.807) is 13.8 Å². The highest BCUT2D eigenvalue weighted by Gasteiger charge is 2.39. The first kappa shape index (κ1) is 54.6. The highest BCUT2D eigenvalue weighted by atomic mass is 16.4. The van der Waals surface area contributed by atoms with Gasteiger partial charge in [0.2, 0.25) is 53.2 Å². The number of nitrogens with one attached hydrogen (secondary N) is 7. The van der Waals surface area contributed by atoms with Crippen molar-refractivity contribution in [2.24, 2.45) is 23.1 Å². The fourth-order valence-corrected chi connectivity index (χ4v) is 6.16. The Hall–Kier alpha value is -6.44. The number of nitrogens with two attached hydrogens (primary N) is 3. The predicted molar refractivity (Wildman–Crippen MR) is 217 cm³/mol. The fraction of sp³-hybridized carbons (Fsp3) is 0.676. The number of amides is 9. The summed E-state index contributed by atoms with van der Waals surface area (Å²) in [7, 11) is 0. The van der Waals surface area contributed by atoms with Gasteiger partial charge in [-0.2, -0.15) is 0 Å². The maximum absolute atomic E-state index is 13.2. The normalized spacial score (nSPS) is 16.6. The van der Waals surface area contributed by atoms with Crippen molar-refractivity contribution in [1.82, 2.24) is 42.1 Å². The molecular weight excluding hydrogens is 838 g/mol. The average Bonchev–Trinajstić information content (AvgIpc) is 3.71. The van der Waals surface area contributed by atoms with Gasteiger partial charge in [0.25, 0.3) is 0 Å². The lowest BCUT2D eigenvalue weighted by Gasteiger charge is -2.29. The van der Waals surface area contributed by atoms with Gasteiger partial charge in [0.1, 0.15) is 36.3 Å². The van der Waals surface area contributed by atoms with Crippen LogP contribution < -0.4 is 54.4 Å². The Bertz CT molecular complexity index is 1700. The lowest BCUT2D eigenvalue weighted by atomic mass is 9.98. The Morgan fingerprint density at radius 2 is 1.25 bits per heavy atom. The highest BCUT2D eigenvalue weighted by molar-refractivity contribution is 5.98. The van der Waals surface area contributed by atoms with Crippen molar-refractivity contribution < 1.29 is 72.9 Å². The van der Waals surface area contributed by atoms with Crippen molar-refractivity contribution >= 4 is 71.1 Å². The van der Waals surface area contributed by atoms with E-state index in [0.717, 1.165) is 0 Å². The second-order valence-corrected chi connectivity index (χ2v) is 15.0. The Kier molecular flexibility index (Phi) is 23.8. The number of aliphatic carboxylic acids is 3. The van der Waals surface area contributed by atoms with Gasteiger partial charge in [-0.15, -0.1) is 0 Å². The van der Waals surface area contributed by atoms with Gasteiger partial charge in [0.15, 0.2) is 0 Å². The number of carboxylic acid groups (broad SMARTS) is 3. The van der Waals surface area contributed by atoms with E-state index in [-0.39, 0.29) is 31.7 Å². The first-order valence-corrected chi connectivity index (χ1v) is 20.3. The van der Waals surface area contributed by atoms with Crippen LogP contribution in [0.15, 0.2) is 0 Å². The van der Waals surface area contributed by atoms with E-state index in [9.17, 15) is 72.9 Å². The molecule has 9 amide bonds. The van der Waals surface area contributed by atoms with E-state index < -0.39 is 146 Å². The summed E-state index contributed by atoms with van der Waals surface area (Å²) >= 11 is 0. The van der Waals surface area contributed by atoms with Crippen LogP contribution in [0.25, 0.3) is 0 Å². The Morgan fingerprint density at radius 1 is 0.698 bits per heavy atom. The molecule has 0 radical (unpaired) electrons. The minimum absolute atomic E-state index is 0.164. The van der Waals surface area contributed by atoms with Crippen LogP contribution in [0.2, 0.25) is 0 Å². The highest BCUT2D eigenvalue weighted by Crippen LogP contribution is 2.20. The number of hydrogen-bond acceptors (Lipinski definition) is 14. The molecular formula is C37H61N11O15. The summed E-state index contributed by atoms with van der Waals surface area (Å²) in [6, 6.07) is -9.87. The van der Waals surface area contributed by atoms with E-state index in [2.05, 4.69) is 31.9 Å². The molecule has 0 aliphatic carbocycles. The molecule has 26 heteroatoms. The molecule has 0 aromatic rings. The van der Waals surface area contributed by atoms with Crippen molar-refractivity contribution in [1.29, 1.82) is 0 Å². The summed E-state index contributed by atoms with van der Waals surface area (Å²) in [5.41, 5.74) is 16.5. The second-order valence-electron chi connectivity index (χ2n) is 15.0. The molecule has 1 saturated heterocycles. The van der Waals surface area contributed by atoms with E-state index in [1.807, 2.05) is 5.32 Å². The van der Waals surface area contributed by atoms with E-state index >= 15 is 0 Å². The first-order chi connectivity index (χ1) is 29.5. The Morgan fingerprint density at radius 3 is 1.79 bits per heavy atom. The molecule has 63 heavy (non-hydrogen) atoms. The van der Waals surface area contributed by atoms with Gasteiger partial charge >= 0.3 is 17.9 Å². The zero-order valence-electron chi connectivity index (χ0n) is 35.4. The van der Waals surface area contributed by atoms with Crippen LogP contribution in [-0.4, -0.2) is 160 Å². The summed E-state index contributed by atoms with van der Waals surface area (Å²) in [6.45, 7) is 3.69. The van der Waals surface area contributed by atoms with Gasteiger partial charge in [0.05, 0.1) is 32.0 Å². The molecule has 26 nitrogen and oxygen atoms in total. The standard InChI is InChI=1S/C37H61N11O15/c1-4-18(2)30(37(62)63)47-35(60)24-9-7-13-48(24)36(61)19(3)43-27(51)17-41-26(50)16-42-32(57)22(14-28(52)53)45-34(59)23(15-29(54)55)46-33(58)21(10-11-25(40)49)44-31(56)20(39)8-5-6-12-38/h18-24,30H,4-17,38-39H2,1-3H3,(H2,40,49)(H,41,50)(H,42,57)(H,43,51)(H,44,56)(H,45,59)(H,46,58)(H,47,60)(H,52,53)(H,54,55)(H,62,63)/t18-,19-,20-,21-,22-,23-,24-,30-/m0/s1. The minimum atomic E-state index is -1.96. The third kappa shape index (κ3) is 19.9. The Labute approximate surface area is 362 Å². The molecule has 0 saturated carbocycles. The third-order valence-electron chi connectivity index (χ3n) is 9.87. The number of rotatable bonds is 29. The zero-order valence-corrected chi connectivity index (χ0v) is 35.4. The fourth-order valence-electron chi connectivity index (χ4n) is 6.16. The number of likely N-dealkylation sites (tertiary alicyclic amines) is 1. The molecule has 0 bridgehead atoms. The van der Waals surface area contributed by atoms with Crippen LogP contribution in [0.4, 0.5) is 0 Å². The van der Waals surface area contributed by atoms with Gasteiger partial charge in [-0.1, -0.05) is 26.7 Å². The molecule has 0 unspecified atom stereocenters. The number of carbonyl (C=O) groups excluding carboxylic acids is 9. The second kappa shape index (κ2) is 27.5. The maximum atomic E-state index is 13.2. The maximum Gasteiger partial charge on any atom is 0.326 e. The van der Waals surface area contributed by atoms with E-state index in [0.29, 0.717) is 32.2 Å². The minimum Gasteiger partial charge on any atom is -0.481 e. The number of primary amides is 1. The molecule has 1 fully saturated rings. The largest absolute Gasteiger partial charge is 0.481 e. The van der Waals surface area contributed by atoms with E-state index in [4.69, 9.17) is 17.2 Å². The van der Waals surface area contributed by atoms with Crippen molar-refractivity contribution in [3.05, 3.63) is 0 Å². The summed E-state index contributed by atoms with van der Waals surface area (Å²) in [6.07, 6.45) is -0.593. The molecule has 16 N–H and O–H groups in total. The van der Waals surface area contributed by atoms with Crippen molar-refractivity contribution in [3.63, 3.8) is 0 Å². The van der Waals surface area contributed by atoms with Crippen LogP contribution in [0.3, 0.4) is 0 Å². The Balaban J connectivity index is 2.89. The summed E-state index contributed by atoms with van der Waals surface area (Å²) in [4.78, 5) is 151. The number of nitrogens with zero attached hydrogens (tertiary/aromatic N) is 1. The van der Waals surface area contributed by atoms with Gasteiger partial charge < -0.3 is 74.6 Å². The van der Waals surface area contributed by atoms with Gasteiger partial charge in [-0.25, -0.2) is 4.79 Å². The van der Waals surface area contributed by atoms with E-state index in [1.165, 1.54) is 11.8 Å². The molecule has 0 aromatic heterocycles. The number of unbranched alkanes of at least 4 members (excludes halogenated alkanes) is 1. The van der Waals surface area contributed by atoms with Gasteiger partial charge in [0, 0.05) is 13.0 Å². The van der Waals surface area contributed by atoms with Crippen LogP contribution in [0.5, 0.6) is 0 Å². The van der Waals surface area contributed by atoms with Crippen molar-refractivity contribution in [2.75, 3.05) is 26.2 Å². The molecule has 0 aromatic carbocycles. The molecule has 1 aliphatic heterocycles. The SMILES string of the molecule is CC[C@H](C)[C@H](NC(=O)[C@@H]1CCCN1C(=O)[C@H](C)NC(=O)CNC(=O)CNC(=O)[C@H](CC(=O)O)NC(=O)[C@H](CC(=O)O)NC(=O)[C@H](CCC(N)=O)NC(=O)[C@@H](N)CCCCN)C(=O)O. The van der Waals surface area contributed by atoms with Crippen LogP contribution in [0, 0.1) is 5.92 Å². The lowest BCUT2D eigenvalue weighted by Crippen LogP contribution is -2.58. The molecule has 354 valence electrons. The van der Waals surface area contributed by atoms with Crippen LogP contribution >= 0.6 is 0 Å². The molecule has 1 aliphatic rings. The van der Waals surface area contributed by atoms with Gasteiger partial charge in [-0.3, -0.25) is 52.7 Å². The van der Waals surface area contributed by atoms with Crippen molar-refractivity contribution in [3.8, 4) is 0 Å². The monoisotopic (exact) mass is 899 g/mol. The number of hydrogen-bond donors (Lipinski definition) is 13. The molecule has 1 heterocycles. The molecule has 8 atom stereocenters. The summed E-state index contributed by atoms with van der Waals surface area (Å²) in [5.74, 6) is -13.4. The topological polar surface area (TPSA) is 431 Å². The predicted octanol–water partition coefficient (Wildman–Crippen LogP) is -5.54. The smallest absolute Gasteiger partial charge is 0.326 e. The quantitative estimate of drug-likeness (QED) is 0.0311. The number of carbonyl (C=O) groups is 12. The van der Waals surface area contributed by atoms with Crippen LogP contribution in [-0.2, 0) is 57.5 Å². The third-order valence-corrected chi connectivity index (χ3v) is 9.87. The summed E-state index contributed by atoms with van der Waals surface area (Å²) < 4.78 is 0. The zero-order chi connectivity index (χ0) is 48.0. The average molecular weight is 900 g/mol. The molecule has 0 spiro atoms. The lowest BCUT2D eigenvalue weighted by molar-refractivity contribution is -0.145. The van der Waals surface area contributed by atoms with Crippen LogP contribution in [0.1, 0.15) is 85.0 Å². The molecule has 1 rings (SSSR count).